The van der Waals surface area contributed by atoms with Crippen molar-refractivity contribution in [1.29, 1.82) is 0 Å². The van der Waals surface area contributed by atoms with E-state index in [2.05, 4.69) is 5.32 Å². The SMILES string of the molecule is Cc1ccc(CCC(=O)Nc2ccc(C(=O)OCC(C)C)cc2)cc1. The average Bonchev–Trinajstić information content (AvgIpc) is 2.60. The fraction of sp³-hybridized carbons (Fsp3) is 0.333. The smallest absolute Gasteiger partial charge is 0.338 e. The van der Waals surface area contributed by atoms with Gasteiger partial charge in [0.05, 0.1) is 12.2 Å². The predicted octanol–water partition coefficient (Wildman–Crippen LogP) is 4.38. The van der Waals surface area contributed by atoms with Crippen LogP contribution in [0.5, 0.6) is 0 Å². The molecule has 0 radical (unpaired) electrons. The Morgan fingerprint density at radius 3 is 2.24 bits per heavy atom. The van der Waals surface area contributed by atoms with Gasteiger partial charge in [-0.05, 0) is 49.1 Å². The van der Waals surface area contributed by atoms with Gasteiger partial charge >= 0.3 is 5.97 Å². The third-order valence-corrected chi connectivity index (χ3v) is 3.71. The summed E-state index contributed by atoms with van der Waals surface area (Å²) in [6.07, 6.45) is 1.12. The number of nitrogens with one attached hydrogen (secondary N) is 1. The molecular weight excluding hydrogens is 314 g/mol. The quantitative estimate of drug-likeness (QED) is 0.762. The van der Waals surface area contributed by atoms with E-state index in [0.29, 0.717) is 36.6 Å². The van der Waals surface area contributed by atoms with Gasteiger partial charge in [0.1, 0.15) is 0 Å². The van der Waals surface area contributed by atoms with Gasteiger partial charge in [-0.25, -0.2) is 4.79 Å². The minimum atomic E-state index is -0.342. The van der Waals surface area contributed by atoms with Crippen LogP contribution in [0.3, 0.4) is 0 Å². The minimum absolute atomic E-state index is 0.0456. The van der Waals surface area contributed by atoms with E-state index in [1.165, 1.54) is 5.56 Å². The number of anilines is 1. The van der Waals surface area contributed by atoms with E-state index in [-0.39, 0.29) is 11.9 Å². The van der Waals surface area contributed by atoms with Crippen LogP contribution in [-0.4, -0.2) is 18.5 Å². The largest absolute Gasteiger partial charge is 0.462 e. The number of ether oxygens (including phenoxy) is 1. The molecule has 0 aliphatic carbocycles. The van der Waals surface area contributed by atoms with Gasteiger partial charge in [0.2, 0.25) is 5.91 Å². The highest BCUT2D eigenvalue weighted by Gasteiger charge is 2.09. The van der Waals surface area contributed by atoms with Crippen LogP contribution in [-0.2, 0) is 16.0 Å². The molecule has 2 rings (SSSR count). The number of aryl methyl sites for hydroxylation is 2. The number of carbonyl (C=O) groups is 2. The molecule has 1 N–H and O–H groups in total. The maximum Gasteiger partial charge on any atom is 0.338 e. The first-order valence-electron chi connectivity index (χ1n) is 8.56. The lowest BCUT2D eigenvalue weighted by Gasteiger charge is -2.08. The number of amides is 1. The van der Waals surface area contributed by atoms with E-state index in [1.54, 1.807) is 24.3 Å². The fourth-order valence-electron chi connectivity index (χ4n) is 2.25. The fourth-order valence-corrected chi connectivity index (χ4v) is 2.25. The van der Waals surface area contributed by atoms with Crippen molar-refractivity contribution in [2.24, 2.45) is 5.92 Å². The van der Waals surface area contributed by atoms with E-state index in [1.807, 2.05) is 45.0 Å². The third-order valence-electron chi connectivity index (χ3n) is 3.71. The van der Waals surface area contributed by atoms with E-state index >= 15 is 0 Å². The van der Waals surface area contributed by atoms with Crippen molar-refractivity contribution in [2.45, 2.75) is 33.6 Å². The van der Waals surface area contributed by atoms with E-state index in [4.69, 9.17) is 4.74 Å². The summed E-state index contributed by atoms with van der Waals surface area (Å²) in [6.45, 7) is 6.42. The molecule has 0 fully saturated rings. The molecule has 0 aliphatic heterocycles. The first kappa shape index (κ1) is 18.7. The minimum Gasteiger partial charge on any atom is -0.462 e. The second kappa shape index (κ2) is 9.02. The number of hydrogen-bond acceptors (Lipinski definition) is 3. The first-order valence-corrected chi connectivity index (χ1v) is 8.56. The van der Waals surface area contributed by atoms with Gasteiger partial charge in [-0.1, -0.05) is 43.7 Å². The Balaban J connectivity index is 1.82. The molecule has 132 valence electrons. The van der Waals surface area contributed by atoms with Crippen molar-refractivity contribution in [2.75, 3.05) is 11.9 Å². The summed E-state index contributed by atoms with van der Waals surface area (Å²) in [6, 6.07) is 14.9. The molecule has 0 aromatic heterocycles. The molecule has 0 saturated carbocycles. The van der Waals surface area contributed by atoms with Gasteiger partial charge in [-0.15, -0.1) is 0 Å². The lowest BCUT2D eigenvalue weighted by Crippen LogP contribution is -2.13. The van der Waals surface area contributed by atoms with Crippen LogP contribution in [0.2, 0.25) is 0 Å². The van der Waals surface area contributed by atoms with E-state index in [9.17, 15) is 9.59 Å². The molecule has 0 saturated heterocycles. The maximum absolute atomic E-state index is 12.0. The van der Waals surface area contributed by atoms with Crippen LogP contribution in [0, 0.1) is 12.8 Å². The molecule has 0 spiro atoms. The number of esters is 1. The van der Waals surface area contributed by atoms with Crippen LogP contribution < -0.4 is 5.32 Å². The lowest BCUT2D eigenvalue weighted by molar-refractivity contribution is -0.116. The molecule has 25 heavy (non-hydrogen) atoms. The zero-order valence-corrected chi connectivity index (χ0v) is 15.0. The Morgan fingerprint density at radius 1 is 1.00 bits per heavy atom. The summed E-state index contributed by atoms with van der Waals surface area (Å²) in [5, 5.41) is 2.85. The predicted molar refractivity (Wildman–Crippen MR) is 99.7 cm³/mol. The number of benzene rings is 2. The highest BCUT2D eigenvalue weighted by atomic mass is 16.5. The molecule has 2 aromatic rings. The Hall–Kier alpha value is -2.62. The molecular formula is C21H25NO3. The van der Waals surface area contributed by atoms with Gasteiger partial charge in [0, 0.05) is 12.1 Å². The van der Waals surface area contributed by atoms with Gasteiger partial charge in [-0.2, -0.15) is 0 Å². The van der Waals surface area contributed by atoms with Crippen molar-refractivity contribution >= 4 is 17.6 Å². The Bertz CT molecular complexity index is 703. The second-order valence-electron chi connectivity index (χ2n) is 6.60. The molecule has 0 bridgehead atoms. The lowest BCUT2D eigenvalue weighted by atomic mass is 10.1. The Morgan fingerprint density at radius 2 is 1.64 bits per heavy atom. The van der Waals surface area contributed by atoms with E-state index in [0.717, 1.165) is 5.56 Å². The molecule has 4 heteroatoms. The normalized spacial score (nSPS) is 10.6. The molecule has 1 amide bonds. The molecule has 0 unspecified atom stereocenters. The van der Waals surface area contributed by atoms with Crippen molar-refractivity contribution in [3.05, 3.63) is 65.2 Å². The number of hydrogen-bond donors (Lipinski definition) is 1. The zero-order valence-electron chi connectivity index (χ0n) is 15.0. The standard InChI is InChI=1S/C21H25NO3/c1-15(2)14-25-21(24)18-9-11-19(12-10-18)22-20(23)13-8-17-6-4-16(3)5-7-17/h4-7,9-12,15H,8,13-14H2,1-3H3,(H,22,23). The summed E-state index contributed by atoms with van der Waals surface area (Å²) in [5.74, 6) is -0.0855. The molecule has 0 heterocycles. The van der Waals surface area contributed by atoms with Crippen molar-refractivity contribution in [1.82, 2.24) is 0 Å². The average molecular weight is 339 g/mol. The van der Waals surface area contributed by atoms with Crippen molar-refractivity contribution in [3.8, 4) is 0 Å². The third kappa shape index (κ3) is 6.42. The van der Waals surface area contributed by atoms with Gasteiger partial charge in [0.25, 0.3) is 0 Å². The summed E-state index contributed by atoms with van der Waals surface area (Å²) in [7, 11) is 0. The van der Waals surface area contributed by atoms with Crippen LogP contribution in [0.1, 0.15) is 41.8 Å². The number of carbonyl (C=O) groups excluding carboxylic acids is 2. The van der Waals surface area contributed by atoms with Gasteiger partial charge in [-0.3, -0.25) is 4.79 Å². The van der Waals surface area contributed by atoms with Gasteiger partial charge < -0.3 is 10.1 Å². The molecule has 0 aliphatic rings. The summed E-state index contributed by atoms with van der Waals surface area (Å²) in [4.78, 5) is 23.9. The van der Waals surface area contributed by atoms with Crippen LogP contribution in [0.25, 0.3) is 0 Å². The Kier molecular flexibility index (Phi) is 6.75. The zero-order chi connectivity index (χ0) is 18.2. The van der Waals surface area contributed by atoms with Gasteiger partial charge in [0.15, 0.2) is 0 Å². The van der Waals surface area contributed by atoms with Crippen LogP contribution in [0.4, 0.5) is 5.69 Å². The summed E-state index contributed by atoms with van der Waals surface area (Å²) < 4.78 is 5.18. The van der Waals surface area contributed by atoms with Crippen LogP contribution in [0.15, 0.2) is 48.5 Å². The monoisotopic (exact) mass is 339 g/mol. The molecule has 0 atom stereocenters. The van der Waals surface area contributed by atoms with E-state index < -0.39 is 0 Å². The second-order valence-corrected chi connectivity index (χ2v) is 6.60. The summed E-state index contributed by atoms with van der Waals surface area (Å²) >= 11 is 0. The Labute approximate surface area is 149 Å². The first-order chi connectivity index (χ1) is 11.9. The maximum atomic E-state index is 12.0. The molecule has 2 aromatic carbocycles. The number of rotatable bonds is 7. The highest BCUT2D eigenvalue weighted by molar-refractivity contribution is 5.93. The summed E-state index contributed by atoms with van der Waals surface area (Å²) in [5.41, 5.74) is 3.51. The topological polar surface area (TPSA) is 55.4 Å². The highest BCUT2D eigenvalue weighted by Crippen LogP contribution is 2.12. The molecule has 4 nitrogen and oxygen atoms in total. The van der Waals surface area contributed by atoms with Crippen molar-refractivity contribution < 1.29 is 14.3 Å². The van der Waals surface area contributed by atoms with Crippen LogP contribution >= 0.6 is 0 Å². The van der Waals surface area contributed by atoms with Crippen molar-refractivity contribution in [3.63, 3.8) is 0 Å².